The summed E-state index contributed by atoms with van der Waals surface area (Å²) in [6.07, 6.45) is 0. The van der Waals surface area contributed by atoms with Gasteiger partial charge in [0.2, 0.25) is 0 Å². The number of aromatic nitrogens is 1. The molecule has 0 radical (unpaired) electrons. The van der Waals surface area contributed by atoms with Crippen molar-refractivity contribution in [1.29, 1.82) is 0 Å². The Morgan fingerprint density at radius 3 is 2.64 bits per heavy atom. The van der Waals surface area contributed by atoms with E-state index in [1.807, 2.05) is 5.38 Å². The van der Waals surface area contributed by atoms with Crippen LogP contribution in [0.2, 0.25) is 0 Å². The highest BCUT2D eigenvalue weighted by molar-refractivity contribution is 7.92. The van der Waals surface area contributed by atoms with Crippen molar-refractivity contribution in [2.24, 2.45) is 0 Å². The van der Waals surface area contributed by atoms with Crippen LogP contribution >= 0.6 is 11.3 Å². The van der Waals surface area contributed by atoms with Crippen molar-refractivity contribution in [3.63, 3.8) is 0 Å². The molecule has 2 heterocycles. The number of benzene rings is 2. The number of nitrogens with zero attached hydrogens (tertiary/aromatic N) is 1. The number of hydrogen-bond acceptors (Lipinski definition) is 7. The monoisotopic (exact) mass is 415 g/mol. The zero-order valence-electron chi connectivity index (χ0n) is 14.2. The minimum absolute atomic E-state index is 0.0287. The van der Waals surface area contributed by atoms with Gasteiger partial charge in [-0.2, -0.15) is 0 Å². The summed E-state index contributed by atoms with van der Waals surface area (Å²) >= 11 is 1.44. The highest BCUT2D eigenvalue weighted by Gasteiger charge is 2.29. The smallest absolute Gasteiger partial charge is 0.262 e. The van der Waals surface area contributed by atoms with Gasteiger partial charge in [0.05, 0.1) is 32.9 Å². The lowest BCUT2D eigenvalue weighted by molar-refractivity contribution is 0.0879. The van der Waals surface area contributed by atoms with E-state index in [2.05, 4.69) is 15.0 Å². The van der Waals surface area contributed by atoms with Crippen molar-refractivity contribution in [1.82, 2.24) is 10.3 Å². The van der Waals surface area contributed by atoms with Crippen molar-refractivity contribution >= 4 is 38.9 Å². The fraction of sp³-hybridized carbons (Fsp3) is 0.0556. The van der Waals surface area contributed by atoms with Gasteiger partial charge in [-0.3, -0.25) is 19.6 Å². The third-order valence-corrected chi connectivity index (χ3v) is 6.01. The first-order chi connectivity index (χ1) is 13.4. The number of fused-ring (bicyclic) bond motifs is 1. The summed E-state index contributed by atoms with van der Waals surface area (Å²) in [7, 11) is -4.01. The van der Waals surface area contributed by atoms with Crippen LogP contribution in [0.1, 0.15) is 26.4 Å². The lowest BCUT2D eigenvalue weighted by atomic mass is 10.1. The fourth-order valence-electron chi connectivity index (χ4n) is 2.66. The molecule has 0 unspecified atom stereocenters. The van der Waals surface area contributed by atoms with Gasteiger partial charge in [-0.1, -0.05) is 12.1 Å². The molecule has 8 nitrogen and oxygen atoms in total. The van der Waals surface area contributed by atoms with E-state index >= 15 is 0 Å². The van der Waals surface area contributed by atoms with Crippen LogP contribution in [-0.2, 0) is 16.6 Å². The van der Waals surface area contributed by atoms with Gasteiger partial charge in [-0.15, -0.1) is 11.3 Å². The molecule has 142 valence electrons. The molecule has 0 spiro atoms. The SMILES string of the molecule is O=C1NC(=O)c2cc(S(=O)(=O)Nc3ccccc3OCc3cscn3)ccc21. The number of amides is 2. The van der Waals surface area contributed by atoms with Crippen LogP contribution in [0, 0.1) is 0 Å². The zero-order valence-corrected chi connectivity index (χ0v) is 15.8. The number of para-hydroxylation sites is 2. The number of imide groups is 1. The van der Waals surface area contributed by atoms with Crippen molar-refractivity contribution < 1.29 is 22.7 Å². The highest BCUT2D eigenvalue weighted by atomic mass is 32.2. The lowest BCUT2D eigenvalue weighted by Gasteiger charge is -2.13. The maximum atomic E-state index is 12.8. The number of carbonyl (C=O) groups is 2. The van der Waals surface area contributed by atoms with Gasteiger partial charge in [-0.05, 0) is 30.3 Å². The number of carbonyl (C=O) groups excluding carboxylic acids is 2. The first kappa shape index (κ1) is 18.1. The van der Waals surface area contributed by atoms with Crippen LogP contribution in [-0.4, -0.2) is 25.2 Å². The molecule has 2 N–H and O–H groups in total. The number of ether oxygens (including phenoxy) is 1. The molecule has 0 fully saturated rings. The minimum atomic E-state index is -4.01. The quantitative estimate of drug-likeness (QED) is 0.598. The molecular formula is C18H13N3O5S2. The normalized spacial score (nSPS) is 13.1. The van der Waals surface area contributed by atoms with Crippen molar-refractivity contribution in [2.75, 3.05) is 4.72 Å². The molecule has 1 aliphatic rings. The van der Waals surface area contributed by atoms with Crippen molar-refractivity contribution in [2.45, 2.75) is 11.5 Å². The summed E-state index contributed by atoms with van der Waals surface area (Å²) in [5, 5.41) is 3.97. The second kappa shape index (κ2) is 7.06. The maximum Gasteiger partial charge on any atom is 0.262 e. The summed E-state index contributed by atoms with van der Waals surface area (Å²) < 4.78 is 33.7. The van der Waals surface area contributed by atoms with E-state index < -0.39 is 21.8 Å². The Kier molecular flexibility index (Phi) is 4.57. The van der Waals surface area contributed by atoms with Gasteiger partial charge in [0.25, 0.3) is 21.8 Å². The van der Waals surface area contributed by atoms with Gasteiger partial charge >= 0.3 is 0 Å². The lowest BCUT2D eigenvalue weighted by Crippen LogP contribution is -2.20. The molecule has 0 saturated carbocycles. The van der Waals surface area contributed by atoms with Crippen LogP contribution in [0.15, 0.2) is 58.3 Å². The molecule has 1 aromatic heterocycles. The molecule has 0 aliphatic carbocycles. The summed E-state index contributed by atoms with van der Waals surface area (Å²) in [6, 6.07) is 10.4. The molecular weight excluding hydrogens is 402 g/mol. The molecule has 0 atom stereocenters. The zero-order chi connectivity index (χ0) is 19.7. The standard InChI is InChI=1S/C18H13N3O5S2/c22-17-13-6-5-12(7-14(13)18(23)20-17)28(24,25)21-15-3-1-2-4-16(15)26-8-11-9-27-10-19-11/h1-7,9-10,21H,8H2,(H,20,22,23). The second-order valence-corrected chi connectivity index (χ2v) is 8.26. The van der Waals surface area contributed by atoms with Gasteiger partial charge in [0.1, 0.15) is 12.4 Å². The number of sulfonamides is 1. The third kappa shape index (κ3) is 3.47. The summed E-state index contributed by atoms with van der Waals surface area (Å²) in [5.41, 5.74) is 2.84. The Morgan fingerprint density at radius 2 is 1.86 bits per heavy atom. The molecule has 0 saturated heterocycles. The third-order valence-electron chi connectivity index (χ3n) is 4.01. The largest absolute Gasteiger partial charge is 0.485 e. The van der Waals surface area contributed by atoms with Crippen LogP contribution in [0.4, 0.5) is 5.69 Å². The summed E-state index contributed by atoms with van der Waals surface area (Å²) in [5.74, 6) is -0.824. The number of nitrogens with one attached hydrogen (secondary N) is 2. The molecule has 2 aromatic carbocycles. The highest BCUT2D eigenvalue weighted by Crippen LogP contribution is 2.28. The van der Waals surface area contributed by atoms with Gasteiger partial charge in [0.15, 0.2) is 0 Å². The number of anilines is 1. The average Bonchev–Trinajstić information content (AvgIpc) is 3.29. The molecule has 4 rings (SSSR count). The average molecular weight is 415 g/mol. The number of thiazole rings is 1. The Bertz CT molecular complexity index is 1170. The number of rotatable bonds is 6. The Balaban J connectivity index is 1.60. The Hall–Kier alpha value is -3.24. The van der Waals surface area contributed by atoms with Crippen LogP contribution in [0.3, 0.4) is 0 Å². The van der Waals surface area contributed by atoms with E-state index in [9.17, 15) is 18.0 Å². The first-order valence-corrected chi connectivity index (χ1v) is 10.5. The molecule has 3 aromatic rings. The van der Waals surface area contributed by atoms with Crippen molar-refractivity contribution in [3.05, 3.63) is 70.2 Å². The van der Waals surface area contributed by atoms with E-state index in [1.165, 1.54) is 29.5 Å². The van der Waals surface area contributed by atoms with Crippen LogP contribution in [0.5, 0.6) is 5.75 Å². The van der Waals surface area contributed by atoms with E-state index in [1.54, 1.807) is 29.8 Å². The Labute approximate surface area is 164 Å². The maximum absolute atomic E-state index is 12.8. The van der Waals surface area contributed by atoms with Crippen LogP contribution in [0.25, 0.3) is 0 Å². The summed E-state index contributed by atoms with van der Waals surface area (Å²) in [4.78, 5) is 27.4. The van der Waals surface area contributed by atoms with E-state index in [0.29, 0.717) is 5.75 Å². The van der Waals surface area contributed by atoms with Crippen molar-refractivity contribution in [3.8, 4) is 5.75 Å². The second-order valence-electron chi connectivity index (χ2n) is 5.86. The molecule has 0 bridgehead atoms. The molecule has 2 amide bonds. The van der Waals surface area contributed by atoms with E-state index in [0.717, 1.165) is 5.69 Å². The summed E-state index contributed by atoms with van der Waals surface area (Å²) in [6.45, 7) is 0.198. The minimum Gasteiger partial charge on any atom is -0.485 e. The van der Waals surface area contributed by atoms with Gasteiger partial charge in [-0.25, -0.2) is 13.4 Å². The fourth-order valence-corrected chi connectivity index (χ4v) is 4.29. The van der Waals surface area contributed by atoms with Gasteiger partial charge in [0, 0.05) is 5.38 Å². The molecule has 28 heavy (non-hydrogen) atoms. The molecule has 10 heteroatoms. The van der Waals surface area contributed by atoms with Crippen LogP contribution < -0.4 is 14.8 Å². The van der Waals surface area contributed by atoms with E-state index in [-0.39, 0.29) is 28.3 Å². The first-order valence-electron chi connectivity index (χ1n) is 8.05. The topological polar surface area (TPSA) is 114 Å². The predicted molar refractivity (Wildman–Crippen MR) is 102 cm³/mol. The Morgan fingerprint density at radius 1 is 1.07 bits per heavy atom. The predicted octanol–water partition coefficient (Wildman–Crippen LogP) is 2.41. The van der Waals surface area contributed by atoms with Gasteiger partial charge < -0.3 is 4.74 Å². The number of hydrogen-bond donors (Lipinski definition) is 2. The molecule has 1 aliphatic heterocycles. The van der Waals surface area contributed by atoms with E-state index in [4.69, 9.17) is 4.74 Å².